The van der Waals surface area contributed by atoms with E-state index in [0.717, 1.165) is 19.4 Å². The van der Waals surface area contributed by atoms with Crippen LogP contribution in [-0.4, -0.2) is 36.9 Å². The van der Waals surface area contributed by atoms with Crippen LogP contribution in [-0.2, 0) is 9.59 Å². The second-order valence-corrected chi connectivity index (χ2v) is 5.19. The van der Waals surface area contributed by atoms with Crippen LogP contribution in [0.2, 0.25) is 0 Å². The predicted molar refractivity (Wildman–Crippen MR) is 82.2 cm³/mol. The zero-order valence-corrected chi connectivity index (χ0v) is 12.2. The minimum absolute atomic E-state index is 0.0928. The van der Waals surface area contributed by atoms with Crippen molar-refractivity contribution < 1.29 is 14.4 Å². The van der Waals surface area contributed by atoms with Gasteiger partial charge in [-0.2, -0.15) is 0 Å². The number of rotatable bonds is 6. The van der Waals surface area contributed by atoms with Gasteiger partial charge in [0.25, 0.3) is 5.91 Å². The fraction of sp³-hybridized carbons (Fsp3) is 0.400. The average molecular weight is 304 g/mol. The molecule has 1 atom stereocenters. The summed E-state index contributed by atoms with van der Waals surface area (Å²) in [5.74, 6) is -0.870. The summed E-state index contributed by atoms with van der Waals surface area (Å²) in [5.41, 5.74) is 6.00. The Bertz CT molecular complexity index is 568. The van der Waals surface area contributed by atoms with E-state index in [0.29, 0.717) is 11.3 Å². The van der Waals surface area contributed by atoms with Crippen molar-refractivity contribution in [3.8, 4) is 0 Å². The maximum atomic E-state index is 12.0. The number of anilines is 1. The normalized spacial score (nSPS) is 17.0. The molecule has 1 heterocycles. The predicted octanol–water partition coefficient (Wildman–Crippen LogP) is -0.0177. The van der Waals surface area contributed by atoms with Crippen LogP contribution in [0.1, 0.15) is 29.6 Å². The summed E-state index contributed by atoms with van der Waals surface area (Å²) < 4.78 is 0. The molecule has 3 amide bonds. The molecule has 1 aliphatic heterocycles. The van der Waals surface area contributed by atoms with Crippen molar-refractivity contribution in [1.29, 1.82) is 0 Å². The van der Waals surface area contributed by atoms with Crippen molar-refractivity contribution in [2.24, 2.45) is 5.73 Å². The number of hydrogen-bond acceptors (Lipinski definition) is 4. The lowest BCUT2D eigenvalue weighted by molar-refractivity contribution is -0.118. The first kappa shape index (κ1) is 16.0. The zero-order chi connectivity index (χ0) is 15.9. The Morgan fingerprint density at radius 2 is 2.14 bits per heavy atom. The van der Waals surface area contributed by atoms with Crippen LogP contribution in [0.15, 0.2) is 24.3 Å². The van der Waals surface area contributed by atoms with Crippen molar-refractivity contribution in [3.05, 3.63) is 29.8 Å². The summed E-state index contributed by atoms with van der Waals surface area (Å²) >= 11 is 0. The van der Waals surface area contributed by atoms with E-state index >= 15 is 0 Å². The van der Waals surface area contributed by atoms with Gasteiger partial charge in [0, 0.05) is 24.2 Å². The van der Waals surface area contributed by atoms with Crippen molar-refractivity contribution in [2.75, 3.05) is 18.4 Å². The number of carbonyl (C=O) groups excluding carboxylic acids is 3. The average Bonchev–Trinajstić information content (AvgIpc) is 3.01. The Hall–Kier alpha value is -2.41. The van der Waals surface area contributed by atoms with Crippen LogP contribution in [0.25, 0.3) is 0 Å². The molecule has 118 valence electrons. The molecule has 1 fully saturated rings. The summed E-state index contributed by atoms with van der Waals surface area (Å²) in [4.78, 5) is 34.6. The summed E-state index contributed by atoms with van der Waals surface area (Å²) in [7, 11) is 0. The third-order valence-electron chi connectivity index (χ3n) is 3.43. The molecular formula is C15H20N4O3. The Morgan fingerprint density at radius 1 is 1.32 bits per heavy atom. The molecule has 1 unspecified atom stereocenters. The Kier molecular flexibility index (Phi) is 5.48. The Balaban J connectivity index is 1.92. The molecule has 7 nitrogen and oxygen atoms in total. The van der Waals surface area contributed by atoms with Gasteiger partial charge in [-0.05, 0) is 37.6 Å². The van der Waals surface area contributed by atoms with Crippen LogP contribution in [0.3, 0.4) is 0 Å². The second-order valence-electron chi connectivity index (χ2n) is 5.19. The minimum Gasteiger partial charge on any atom is -0.370 e. The van der Waals surface area contributed by atoms with Crippen LogP contribution >= 0.6 is 0 Å². The summed E-state index contributed by atoms with van der Waals surface area (Å²) in [6.07, 6.45) is 1.90. The molecule has 7 heteroatoms. The van der Waals surface area contributed by atoms with E-state index in [2.05, 4.69) is 16.0 Å². The molecule has 0 bridgehead atoms. The number of amides is 3. The summed E-state index contributed by atoms with van der Waals surface area (Å²) in [5, 5.41) is 8.52. The van der Waals surface area contributed by atoms with Gasteiger partial charge in [0.05, 0.1) is 6.04 Å². The lowest BCUT2D eigenvalue weighted by Gasteiger charge is -2.12. The van der Waals surface area contributed by atoms with E-state index in [1.807, 2.05) is 0 Å². The molecule has 2 rings (SSSR count). The lowest BCUT2D eigenvalue weighted by Crippen LogP contribution is -2.35. The number of primary amides is 1. The quantitative estimate of drug-likeness (QED) is 0.591. The minimum atomic E-state index is -0.467. The van der Waals surface area contributed by atoms with Crippen molar-refractivity contribution >= 4 is 23.4 Å². The monoisotopic (exact) mass is 304 g/mol. The highest BCUT2D eigenvalue weighted by Gasteiger charge is 2.22. The summed E-state index contributed by atoms with van der Waals surface area (Å²) in [6.45, 7) is 1.04. The van der Waals surface area contributed by atoms with Gasteiger partial charge in [-0.1, -0.05) is 6.07 Å². The van der Waals surface area contributed by atoms with Gasteiger partial charge >= 0.3 is 0 Å². The second kappa shape index (κ2) is 7.56. The number of benzene rings is 1. The van der Waals surface area contributed by atoms with E-state index in [1.54, 1.807) is 24.3 Å². The van der Waals surface area contributed by atoms with Gasteiger partial charge in [0.1, 0.15) is 0 Å². The molecule has 0 radical (unpaired) electrons. The largest absolute Gasteiger partial charge is 0.370 e. The zero-order valence-electron chi connectivity index (χ0n) is 12.2. The lowest BCUT2D eigenvalue weighted by atomic mass is 10.1. The molecule has 1 aromatic rings. The summed E-state index contributed by atoms with van der Waals surface area (Å²) in [6, 6.07) is 6.50. The molecule has 1 saturated heterocycles. The van der Waals surface area contributed by atoms with E-state index in [9.17, 15) is 14.4 Å². The van der Waals surface area contributed by atoms with E-state index in [4.69, 9.17) is 5.73 Å². The number of hydrogen-bond donors (Lipinski definition) is 4. The van der Waals surface area contributed by atoms with Gasteiger partial charge in [0.2, 0.25) is 11.8 Å². The van der Waals surface area contributed by atoms with Crippen molar-refractivity contribution in [1.82, 2.24) is 10.6 Å². The highest BCUT2D eigenvalue weighted by Crippen LogP contribution is 2.13. The van der Waals surface area contributed by atoms with Crippen molar-refractivity contribution in [3.63, 3.8) is 0 Å². The first-order valence-electron chi connectivity index (χ1n) is 7.27. The molecule has 1 aliphatic rings. The molecule has 0 spiro atoms. The maximum absolute atomic E-state index is 12.0. The van der Waals surface area contributed by atoms with E-state index < -0.39 is 5.91 Å². The van der Waals surface area contributed by atoms with Gasteiger partial charge in [0.15, 0.2) is 0 Å². The first-order chi connectivity index (χ1) is 10.6. The van der Waals surface area contributed by atoms with Gasteiger partial charge in [-0.15, -0.1) is 0 Å². The maximum Gasteiger partial charge on any atom is 0.251 e. The highest BCUT2D eigenvalue weighted by molar-refractivity contribution is 5.98. The standard InChI is InChI=1S/C15H20N4O3/c16-13(20)6-8-18-14(21)10-3-1-4-11(9-10)19-15(22)12-5-2-7-17-12/h1,3-4,9,12,17H,2,5-8H2,(H2,16,20)(H,18,21)(H,19,22). The van der Waals surface area contributed by atoms with Crippen LogP contribution in [0.4, 0.5) is 5.69 Å². The third kappa shape index (κ3) is 4.56. The van der Waals surface area contributed by atoms with E-state index in [1.165, 1.54) is 0 Å². The topological polar surface area (TPSA) is 113 Å². The first-order valence-corrected chi connectivity index (χ1v) is 7.27. The van der Waals surface area contributed by atoms with E-state index in [-0.39, 0.29) is 30.8 Å². The number of nitrogens with one attached hydrogen (secondary N) is 3. The SMILES string of the molecule is NC(=O)CCNC(=O)c1cccc(NC(=O)C2CCCN2)c1. The van der Waals surface area contributed by atoms with Gasteiger partial charge in [-0.3, -0.25) is 14.4 Å². The fourth-order valence-electron chi connectivity index (χ4n) is 2.28. The van der Waals surface area contributed by atoms with Crippen molar-refractivity contribution in [2.45, 2.75) is 25.3 Å². The number of carbonyl (C=O) groups is 3. The Labute approximate surface area is 128 Å². The molecular weight excluding hydrogens is 284 g/mol. The molecule has 0 aromatic heterocycles. The number of nitrogens with two attached hydrogens (primary N) is 1. The Morgan fingerprint density at radius 3 is 2.82 bits per heavy atom. The molecule has 5 N–H and O–H groups in total. The van der Waals surface area contributed by atoms with Gasteiger partial charge in [-0.25, -0.2) is 0 Å². The highest BCUT2D eigenvalue weighted by atomic mass is 16.2. The molecule has 0 saturated carbocycles. The van der Waals surface area contributed by atoms with Crippen LogP contribution in [0, 0.1) is 0 Å². The smallest absolute Gasteiger partial charge is 0.251 e. The fourth-order valence-corrected chi connectivity index (χ4v) is 2.28. The molecule has 0 aliphatic carbocycles. The van der Waals surface area contributed by atoms with Crippen LogP contribution in [0.5, 0.6) is 0 Å². The van der Waals surface area contributed by atoms with Gasteiger partial charge < -0.3 is 21.7 Å². The molecule has 1 aromatic carbocycles. The van der Waals surface area contributed by atoms with Crippen LogP contribution < -0.4 is 21.7 Å². The molecule has 22 heavy (non-hydrogen) atoms. The third-order valence-corrected chi connectivity index (χ3v) is 3.43.